The Kier molecular flexibility index (Phi) is 4.25. The molecule has 1 heterocycles. The number of nitrogens with one attached hydrogen (secondary N) is 1. The van der Waals surface area contributed by atoms with Gasteiger partial charge in [-0.3, -0.25) is 15.1 Å². The average molecular weight is 414 g/mol. The van der Waals surface area contributed by atoms with Crippen LogP contribution in [0.1, 0.15) is 33.5 Å². The first-order valence-corrected chi connectivity index (χ1v) is 8.82. The number of carbonyl (C=O) groups excluding carboxylic acids is 1. The minimum Gasteiger partial charge on any atom is -0.294 e. The number of hydroxylamine groups is 1. The van der Waals surface area contributed by atoms with E-state index >= 15 is 0 Å². The Bertz CT molecular complexity index is 967. The van der Waals surface area contributed by atoms with Crippen molar-refractivity contribution in [3.05, 3.63) is 74.8 Å². The van der Waals surface area contributed by atoms with Gasteiger partial charge >= 0.3 is 6.18 Å². The summed E-state index contributed by atoms with van der Waals surface area (Å²) < 4.78 is 42.0. The van der Waals surface area contributed by atoms with Gasteiger partial charge in [0.2, 0.25) is 5.60 Å². The van der Waals surface area contributed by atoms with Crippen LogP contribution in [0.15, 0.2) is 42.5 Å². The molecule has 3 nitrogen and oxygen atoms in total. The predicted molar refractivity (Wildman–Crippen MR) is 95.5 cm³/mol. The smallest absolute Gasteiger partial charge is 0.294 e. The summed E-state index contributed by atoms with van der Waals surface area (Å²) in [5.74, 6) is 0.0411. The van der Waals surface area contributed by atoms with Gasteiger partial charge < -0.3 is 0 Å². The SMILES string of the molecule is O=C1CCc2cc(C3=CC(c4cc(Cl)cc(Cl)c4)(C(F)(F)F)ON3)ccc21. The van der Waals surface area contributed by atoms with E-state index in [9.17, 15) is 18.0 Å². The molecule has 0 bridgehead atoms. The van der Waals surface area contributed by atoms with Crippen LogP contribution in [-0.2, 0) is 16.9 Å². The number of rotatable bonds is 2. The van der Waals surface area contributed by atoms with Crippen molar-refractivity contribution >= 4 is 34.7 Å². The molecular weight excluding hydrogens is 402 g/mol. The molecule has 4 rings (SSSR count). The topological polar surface area (TPSA) is 38.3 Å². The molecule has 8 heteroatoms. The third-order valence-electron chi connectivity index (χ3n) is 4.72. The fourth-order valence-corrected chi connectivity index (χ4v) is 3.90. The Morgan fingerprint density at radius 1 is 1.04 bits per heavy atom. The first-order valence-electron chi connectivity index (χ1n) is 8.06. The highest BCUT2D eigenvalue weighted by molar-refractivity contribution is 6.34. The largest absolute Gasteiger partial charge is 0.428 e. The summed E-state index contributed by atoms with van der Waals surface area (Å²) in [5, 5.41) is 0.144. The number of hydrogen-bond donors (Lipinski definition) is 1. The van der Waals surface area contributed by atoms with E-state index in [2.05, 4.69) is 5.48 Å². The number of benzene rings is 2. The summed E-state index contributed by atoms with van der Waals surface area (Å²) in [6.07, 6.45) is -2.81. The van der Waals surface area contributed by atoms with E-state index in [1.165, 1.54) is 18.2 Å². The maximum Gasteiger partial charge on any atom is 0.428 e. The van der Waals surface area contributed by atoms with E-state index < -0.39 is 11.8 Å². The first-order chi connectivity index (χ1) is 12.7. The number of fused-ring (bicyclic) bond motifs is 1. The molecule has 0 amide bonds. The first kappa shape index (κ1) is 18.3. The molecule has 27 heavy (non-hydrogen) atoms. The Morgan fingerprint density at radius 2 is 1.74 bits per heavy atom. The van der Waals surface area contributed by atoms with Crippen LogP contribution in [0.5, 0.6) is 0 Å². The Hall–Kier alpha value is -2.02. The van der Waals surface area contributed by atoms with Gasteiger partial charge in [0.05, 0.1) is 5.70 Å². The lowest BCUT2D eigenvalue weighted by Crippen LogP contribution is -2.42. The van der Waals surface area contributed by atoms with Gasteiger partial charge in [0.15, 0.2) is 5.78 Å². The van der Waals surface area contributed by atoms with E-state index in [0.717, 1.165) is 11.6 Å². The second kappa shape index (κ2) is 6.26. The molecule has 1 unspecified atom stereocenters. The lowest BCUT2D eigenvalue weighted by molar-refractivity contribution is -0.269. The fourth-order valence-electron chi connectivity index (χ4n) is 3.38. The zero-order valence-corrected chi connectivity index (χ0v) is 15.2. The van der Waals surface area contributed by atoms with Gasteiger partial charge in [0.25, 0.3) is 0 Å². The second-order valence-electron chi connectivity index (χ2n) is 6.45. The summed E-state index contributed by atoms with van der Waals surface area (Å²) in [6, 6.07) is 8.63. The van der Waals surface area contributed by atoms with E-state index in [-0.39, 0.29) is 27.1 Å². The minimum absolute atomic E-state index is 0.0411. The minimum atomic E-state index is -4.76. The van der Waals surface area contributed by atoms with Crippen LogP contribution in [0, 0.1) is 0 Å². The monoisotopic (exact) mass is 413 g/mol. The predicted octanol–water partition coefficient (Wildman–Crippen LogP) is 5.46. The highest BCUT2D eigenvalue weighted by Crippen LogP contribution is 2.48. The van der Waals surface area contributed by atoms with Gasteiger partial charge in [0.1, 0.15) is 0 Å². The normalized spacial score (nSPS) is 21.8. The van der Waals surface area contributed by atoms with Crippen LogP contribution in [0.4, 0.5) is 13.2 Å². The summed E-state index contributed by atoms with van der Waals surface area (Å²) >= 11 is 11.8. The van der Waals surface area contributed by atoms with Crippen LogP contribution < -0.4 is 5.48 Å². The number of ketones is 1. The van der Waals surface area contributed by atoms with Crippen molar-refractivity contribution in [3.63, 3.8) is 0 Å². The van der Waals surface area contributed by atoms with E-state index in [1.807, 2.05) is 0 Å². The van der Waals surface area contributed by atoms with Crippen molar-refractivity contribution in [3.8, 4) is 0 Å². The Balaban J connectivity index is 1.82. The number of hydrogen-bond acceptors (Lipinski definition) is 3. The number of halogens is 5. The van der Waals surface area contributed by atoms with Crippen molar-refractivity contribution in [1.82, 2.24) is 5.48 Å². The lowest BCUT2D eigenvalue weighted by Gasteiger charge is -2.28. The van der Waals surface area contributed by atoms with Gasteiger partial charge in [-0.05, 0) is 42.3 Å². The van der Waals surface area contributed by atoms with Gasteiger partial charge in [-0.2, -0.15) is 13.2 Å². The molecule has 2 aliphatic rings. The third kappa shape index (κ3) is 3.02. The number of alkyl halides is 3. The third-order valence-corrected chi connectivity index (χ3v) is 5.16. The summed E-state index contributed by atoms with van der Waals surface area (Å²) in [4.78, 5) is 16.8. The summed E-state index contributed by atoms with van der Waals surface area (Å²) in [7, 11) is 0. The Morgan fingerprint density at radius 3 is 2.41 bits per heavy atom. The van der Waals surface area contributed by atoms with Crippen molar-refractivity contribution in [2.24, 2.45) is 0 Å². The number of aryl methyl sites for hydroxylation is 1. The van der Waals surface area contributed by atoms with Crippen LogP contribution in [-0.4, -0.2) is 12.0 Å². The van der Waals surface area contributed by atoms with Crippen LogP contribution in [0.3, 0.4) is 0 Å². The highest BCUT2D eigenvalue weighted by atomic mass is 35.5. The lowest BCUT2D eigenvalue weighted by atomic mass is 9.91. The van der Waals surface area contributed by atoms with Crippen LogP contribution >= 0.6 is 23.2 Å². The van der Waals surface area contributed by atoms with Crippen molar-refractivity contribution in [2.45, 2.75) is 24.6 Å². The van der Waals surface area contributed by atoms with E-state index in [1.54, 1.807) is 18.2 Å². The van der Waals surface area contributed by atoms with Gasteiger partial charge in [-0.25, -0.2) is 0 Å². The second-order valence-corrected chi connectivity index (χ2v) is 7.32. The molecule has 1 aliphatic heterocycles. The molecule has 0 fully saturated rings. The van der Waals surface area contributed by atoms with Crippen molar-refractivity contribution in [2.75, 3.05) is 0 Å². The summed E-state index contributed by atoms with van der Waals surface area (Å²) in [6.45, 7) is 0. The maximum absolute atomic E-state index is 14.0. The van der Waals surface area contributed by atoms with Gasteiger partial charge in [0, 0.05) is 33.2 Å². The van der Waals surface area contributed by atoms with Crippen molar-refractivity contribution in [1.29, 1.82) is 0 Å². The van der Waals surface area contributed by atoms with Crippen LogP contribution in [0.2, 0.25) is 10.0 Å². The molecule has 1 aliphatic carbocycles. The Labute approximate surface area is 162 Å². The van der Waals surface area contributed by atoms with E-state index in [0.29, 0.717) is 24.0 Å². The maximum atomic E-state index is 14.0. The number of Topliss-reactive ketones (excluding diaryl/α,β-unsaturated/α-hetero) is 1. The standard InChI is InChI=1S/C19H12Cl2F3NO2/c20-13-6-12(7-14(21)8-13)18(19(22,23)24)9-16(25-27-18)11-1-3-15-10(5-11)2-4-17(15)26/h1,3,5-9,25H,2,4H2. The molecule has 2 aromatic rings. The van der Waals surface area contributed by atoms with E-state index in [4.69, 9.17) is 28.0 Å². The summed E-state index contributed by atoms with van der Waals surface area (Å²) in [5.41, 5.74) is 1.51. The quantitative estimate of drug-likeness (QED) is 0.710. The highest BCUT2D eigenvalue weighted by Gasteiger charge is 2.59. The molecule has 140 valence electrons. The van der Waals surface area contributed by atoms with Gasteiger partial charge in [-0.1, -0.05) is 35.3 Å². The molecule has 0 saturated carbocycles. The molecule has 0 aromatic heterocycles. The zero-order chi connectivity index (χ0) is 19.4. The molecule has 0 saturated heterocycles. The number of carbonyl (C=O) groups is 1. The molecule has 2 aromatic carbocycles. The molecule has 1 N–H and O–H groups in total. The zero-order valence-electron chi connectivity index (χ0n) is 13.7. The van der Waals surface area contributed by atoms with Crippen LogP contribution in [0.25, 0.3) is 5.70 Å². The molecule has 0 radical (unpaired) electrons. The van der Waals surface area contributed by atoms with Gasteiger partial charge in [-0.15, -0.1) is 0 Å². The fraction of sp³-hybridized carbons (Fsp3) is 0.211. The molecular formula is C19H12Cl2F3NO2. The average Bonchev–Trinajstić information content (AvgIpc) is 3.19. The molecule has 1 atom stereocenters. The van der Waals surface area contributed by atoms with Crippen molar-refractivity contribution < 1.29 is 22.8 Å². The molecule has 0 spiro atoms.